The van der Waals surface area contributed by atoms with Gasteiger partial charge in [-0.05, 0) is 11.8 Å². The van der Waals surface area contributed by atoms with Gasteiger partial charge in [-0.25, -0.2) is 0 Å². The molecule has 0 fully saturated rings. The molecule has 4 heteroatoms. The topological polar surface area (TPSA) is 52.6 Å². The molecular weight excluding hydrogens is 208 g/mol. The van der Waals surface area contributed by atoms with Gasteiger partial charge in [-0.2, -0.15) is 0 Å². The van der Waals surface area contributed by atoms with Gasteiger partial charge < -0.3 is 9.47 Å². The summed E-state index contributed by atoms with van der Waals surface area (Å²) in [7, 11) is 2.71. The Kier molecular flexibility index (Phi) is 5.78. The summed E-state index contributed by atoms with van der Waals surface area (Å²) >= 11 is 0. The largest absolute Gasteiger partial charge is 0.469 e. The molecule has 16 heavy (non-hydrogen) atoms. The fourth-order valence-corrected chi connectivity index (χ4v) is 1.54. The molecule has 0 rings (SSSR count). The highest BCUT2D eigenvalue weighted by Gasteiger charge is 2.24. The summed E-state index contributed by atoms with van der Waals surface area (Å²) in [5, 5.41) is 0. The van der Waals surface area contributed by atoms with E-state index >= 15 is 0 Å². The zero-order valence-electron chi connectivity index (χ0n) is 10.5. The van der Waals surface area contributed by atoms with Crippen LogP contribution >= 0.6 is 0 Å². The normalized spacial score (nSPS) is 10.8. The summed E-state index contributed by atoms with van der Waals surface area (Å²) in [6.45, 7) is 7.68. The smallest absolute Gasteiger partial charge is 0.309 e. The number of esters is 2. The van der Waals surface area contributed by atoms with Crippen LogP contribution < -0.4 is 0 Å². The highest BCUT2D eigenvalue weighted by Crippen LogP contribution is 2.30. The van der Waals surface area contributed by atoms with Crippen LogP contribution in [-0.4, -0.2) is 26.2 Å². The Balaban J connectivity index is 4.19. The second-order valence-electron chi connectivity index (χ2n) is 4.60. The number of rotatable bonds is 6. The first-order chi connectivity index (χ1) is 7.30. The van der Waals surface area contributed by atoms with E-state index in [0.717, 1.165) is 5.57 Å². The van der Waals surface area contributed by atoms with Gasteiger partial charge in [0.15, 0.2) is 0 Å². The molecule has 0 N–H and O–H groups in total. The van der Waals surface area contributed by atoms with E-state index in [1.807, 2.05) is 13.8 Å². The Morgan fingerprint density at radius 2 is 1.56 bits per heavy atom. The van der Waals surface area contributed by atoms with E-state index in [1.54, 1.807) is 0 Å². The molecule has 0 atom stereocenters. The monoisotopic (exact) mass is 228 g/mol. The standard InChI is InChI=1S/C12H20O4/c1-9(6-10(13)15-4)7-12(2,3)8-11(14)16-5/h1,6-8H2,2-5H3. The number of ether oxygens (including phenoxy) is 2. The number of carbonyl (C=O) groups excluding carboxylic acids is 2. The van der Waals surface area contributed by atoms with Crippen LogP contribution in [0.25, 0.3) is 0 Å². The minimum absolute atomic E-state index is 0.196. The SMILES string of the molecule is C=C(CC(=O)OC)CC(C)(C)CC(=O)OC. The Bertz CT molecular complexity index is 279. The summed E-state index contributed by atoms with van der Waals surface area (Å²) in [5.74, 6) is -0.560. The lowest BCUT2D eigenvalue weighted by Crippen LogP contribution is -2.19. The Morgan fingerprint density at radius 3 is 2.00 bits per heavy atom. The molecule has 0 saturated heterocycles. The first kappa shape index (κ1) is 14.7. The lowest BCUT2D eigenvalue weighted by Gasteiger charge is -2.23. The van der Waals surface area contributed by atoms with E-state index in [1.165, 1.54) is 14.2 Å². The maximum atomic E-state index is 11.1. The van der Waals surface area contributed by atoms with Gasteiger partial charge in [0, 0.05) is 0 Å². The van der Waals surface area contributed by atoms with Crippen LogP contribution in [0, 0.1) is 5.41 Å². The van der Waals surface area contributed by atoms with Crippen molar-refractivity contribution in [1.29, 1.82) is 0 Å². The third-order valence-electron chi connectivity index (χ3n) is 2.20. The van der Waals surface area contributed by atoms with Crippen LogP contribution in [0.5, 0.6) is 0 Å². The fourth-order valence-electron chi connectivity index (χ4n) is 1.54. The van der Waals surface area contributed by atoms with E-state index in [4.69, 9.17) is 0 Å². The van der Waals surface area contributed by atoms with E-state index in [-0.39, 0.29) is 23.8 Å². The second-order valence-corrected chi connectivity index (χ2v) is 4.60. The molecule has 0 aromatic rings. The molecule has 0 aromatic heterocycles. The number of methoxy groups -OCH3 is 2. The molecule has 4 nitrogen and oxygen atoms in total. The number of hydrogen-bond donors (Lipinski definition) is 0. The Morgan fingerprint density at radius 1 is 1.06 bits per heavy atom. The summed E-state index contributed by atoms with van der Waals surface area (Å²) < 4.78 is 9.16. The van der Waals surface area contributed by atoms with E-state index in [9.17, 15) is 9.59 Å². The third kappa shape index (κ3) is 6.22. The van der Waals surface area contributed by atoms with Crippen LogP contribution in [0.15, 0.2) is 12.2 Å². The fraction of sp³-hybridized carbons (Fsp3) is 0.667. The molecule has 0 aliphatic carbocycles. The van der Waals surface area contributed by atoms with E-state index < -0.39 is 0 Å². The molecule has 0 aromatic carbocycles. The minimum atomic E-state index is -0.307. The number of carbonyl (C=O) groups is 2. The first-order valence-electron chi connectivity index (χ1n) is 5.11. The molecule has 0 amide bonds. The first-order valence-corrected chi connectivity index (χ1v) is 5.11. The third-order valence-corrected chi connectivity index (χ3v) is 2.20. The quantitative estimate of drug-likeness (QED) is 0.516. The van der Waals surface area contributed by atoms with Crippen molar-refractivity contribution in [3.63, 3.8) is 0 Å². The zero-order chi connectivity index (χ0) is 12.8. The summed E-state index contributed by atoms with van der Waals surface area (Å²) in [5.41, 5.74) is 0.513. The Hall–Kier alpha value is -1.32. The van der Waals surface area contributed by atoms with Gasteiger partial charge in [0.1, 0.15) is 0 Å². The van der Waals surface area contributed by atoms with Crippen molar-refractivity contribution in [2.45, 2.75) is 33.1 Å². The van der Waals surface area contributed by atoms with E-state index in [0.29, 0.717) is 12.8 Å². The van der Waals surface area contributed by atoms with Gasteiger partial charge in [0.25, 0.3) is 0 Å². The Labute approximate surface area is 96.6 Å². The molecule has 0 aliphatic heterocycles. The van der Waals surface area contributed by atoms with Crippen molar-refractivity contribution in [3.8, 4) is 0 Å². The highest BCUT2D eigenvalue weighted by molar-refractivity contribution is 5.72. The van der Waals surface area contributed by atoms with Gasteiger partial charge in [-0.3, -0.25) is 9.59 Å². The van der Waals surface area contributed by atoms with Crippen LogP contribution in [0.1, 0.15) is 33.1 Å². The van der Waals surface area contributed by atoms with Crippen LogP contribution in [0.2, 0.25) is 0 Å². The van der Waals surface area contributed by atoms with Crippen molar-refractivity contribution in [3.05, 3.63) is 12.2 Å². The summed E-state index contributed by atoms with van der Waals surface area (Å²) in [6.07, 6.45) is 1.10. The second kappa shape index (κ2) is 6.30. The van der Waals surface area contributed by atoms with E-state index in [2.05, 4.69) is 16.1 Å². The maximum Gasteiger partial charge on any atom is 0.309 e. The van der Waals surface area contributed by atoms with Gasteiger partial charge in [-0.1, -0.05) is 26.0 Å². The summed E-state index contributed by atoms with van der Waals surface area (Å²) in [4.78, 5) is 22.2. The molecule has 0 heterocycles. The minimum Gasteiger partial charge on any atom is -0.469 e. The van der Waals surface area contributed by atoms with Crippen LogP contribution in [0.3, 0.4) is 0 Å². The zero-order valence-corrected chi connectivity index (χ0v) is 10.5. The molecule has 0 saturated carbocycles. The maximum absolute atomic E-state index is 11.1. The molecule has 0 unspecified atom stereocenters. The van der Waals surface area contributed by atoms with Crippen molar-refractivity contribution in [1.82, 2.24) is 0 Å². The lowest BCUT2D eigenvalue weighted by atomic mass is 9.82. The van der Waals surface area contributed by atoms with Crippen molar-refractivity contribution < 1.29 is 19.1 Å². The lowest BCUT2D eigenvalue weighted by molar-refractivity contribution is -0.142. The predicted molar refractivity (Wildman–Crippen MR) is 60.8 cm³/mol. The molecule has 92 valence electrons. The molecule has 0 aliphatic rings. The van der Waals surface area contributed by atoms with Crippen molar-refractivity contribution in [2.24, 2.45) is 5.41 Å². The highest BCUT2D eigenvalue weighted by atomic mass is 16.5. The molecule has 0 radical (unpaired) electrons. The van der Waals surface area contributed by atoms with Crippen LogP contribution in [-0.2, 0) is 19.1 Å². The predicted octanol–water partition coefficient (Wildman–Crippen LogP) is 2.09. The molecule has 0 bridgehead atoms. The van der Waals surface area contributed by atoms with Crippen molar-refractivity contribution >= 4 is 11.9 Å². The van der Waals surface area contributed by atoms with Gasteiger partial charge in [0.2, 0.25) is 0 Å². The van der Waals surface area contributed by atoms with Gasteiger partial charge in [-0.15, -0.1) is 0 Å². The van der Waals surface area contributed by atoms with Gasteiger partial charge >= 0.3 is 11.9 Å². The average molecular weight is 228 g/mol. The molecular formula is C12H20O4. The molecule has 0 spiro atoms. The number of hydrogen-bond acceptors (Lipinski definition) is 4. The van der Waals surface area contributed by atoms with Crippen LogP contribution in [0.4, 0.5) is 0 Å². The average Bonchev–Trinajstić information content (AvgIpc) is 2.15. The van der Waals surface area contributed by atoms with Gasteiger partial charge in [0.05, 0.1) is 27.1 Å². The van der Waals surface area contributed by atoms with Crippen molar-refractivity contribution in [2.75, 3.05) is 14.2 Å². The summed E-state index contributed by atoms with van der Waals surface area (Å²) in [6, 6.07) is 0.